The van der Waals surface area contributed by atoms with E-state index in [1.54, 1.807) is 40.5 Å². The molecule has 0 aliphatic carbocycles. The second-order valence-corrected chi connectivity index (χ2v) is 8.90. The first-order chi connectivity index (χ1) is 14.4. The number of alkyl halides is 3. The third-order valence-corrected chi connectivity index (χ3v) is 6.85. The predicted octanol–water partition coefficient (Wildman–Crippen LogP) is 4.39. The van der Waals surface area contributed by atoms with Crippen LogP contribution in [0.15, 0.2) is 34.9 Å². The molecule has 5 rings (SSSR count). The smallest absolute Gasteiger partial charge is 0.338 e. The number of nitrogens with zero attached hydrogens (tertiary/aromatic N) is 4. The Morgan fingerprint density at radius 2 is 1.94 bits per heavy atom. The predicted molar refractivity (Wildman–Crippen MR) is 119 cm³/mol. The number of fused-ring (bicyclic) bond motifs is 1. The lowest BCUT2D eigenvalue weighted by molar-refractivity contribution is -0.193. The monoisotopic (exact) mass is 507 g/mol. The molecule has 1 unspecified atom stereocenters. The first kappa shape index (κ1) is 24.9. The molecule has 1 aromatic carbocycles. The quantitative estimate of drug-likeness (QED) is 0.564. The van der Waals surface area contributed by atoms with Crippen LogP contribution in [0.3, 0.4) is 0 Å². The van der Waals surface area contributed by atoms with Gasteiger partial charge in [0.25, 0.3) is 0 Å². The van der Waals surface area contributed by atoms with E-state index in [2.05, 4.69) is 20.4 Å². The van der Waals surface area contributed by atoms with E-state index in [9.17, 15) is 13.2 Å². The van der Waals surface area contributed by atoms with Crippen LogP contribution in [0.5, 0.6) is 0 Å². The van der Waals surface area contributed by atoms with E-state index >= 15 is 0 Å². The molecule has 2 aliphatic heterocycles. The van der Waals surface area contributed by atoms with Gasteiger partial charge in [0.1, 0.15) is 5.01 Å². The largest absolute Gasteiger partial charge is 0.404 e. The number of benzene rings is 1. The second kappa shape index (κ2) is 9.64. The van der Waals surface area contributed by atoms with Gasteiger partial charge >= 0.3 is 6.18 Å². The zero-order valence-electron chi connectivity index (χ0n) is 16.9. The fourth-order valence-electron chi connectivity index (χ4n) is 4.11. The molecule has 3 aromatic rings. The van der Waals surface area contributed by atoms with Crippen molar-refractivity contribution in [2.45, 2.75) is 37.5 Å². The molecule has 0 saturated carbocycles. The van der Waals surface area contributed by atoms with Gasteiger partial charge in [-0.3, -0.25) is 4.90 Å². The minimum Gasteiger partial charge on any atom is -0.338 e. The highest BCUT2D eigenvalue weighted by atomic mass is 35.5. The van der Waals surface area contributed by atoms with Crippen LogP contribution in [0, 0.1) is 0 Å². The number of nitrogens with one attached hydrogen (secondary N) is 1. The van der Waals surface area contributed by atoms with Gasteiger partial charge in [0.05, 0.1) is 12.2 Å². The molecule has 1 atom stereocenters. The molecule has 0 spiro atoms. The lowest BCUT2D eigenvalue weighted by Gasteiger charge is -2.27. The van der Waals surface area contributed by atoms with E-state index in [-0.39, 0.29) is 49.5 Å². The summed E-state index contributed by atoms with van der Waals surface area (Å²) in [5.74, 6) is -0.188. The van der Waals surface area contributed by atoms with Crippen molar-refractivity contribution in [2.75, 3.05) is 19.6 Å². The van der Waals surface area contributed by atoms with Crippen LogP contribution in [0.25, 0.3) is 11.4 Å². The van der Waals surface area contributed by atoms with E-state index in [0.717, 1.165) is 30.2 Å². The number of thiazole rings is 1. The number of aromatic nitrogens is 3. The van der Waals surface area contributed by atoms with E-state index in [4.69, 9.17) is 4.52 Å². The van der Waals surface area contributed by atoms with Gasteiger partial charge in [0.2, 0.25) is 11.7 Å². The zero-order valence-corrected chi connectivity index (χ0v) is 19.3. The van der Waals surface area contributed by atoms with E-state index in [1.807, 2.05) is 6.07 Å². The van der Waals surface area contributed by atoms with E-state index in [1.165, 1.54) is 4.88 Å². The topological polar surface area (TPSA) is 67.1 Å². The van der Waals surface area contributed by atoms with Gasteiger partial charge < -0.3 is 9.84 Å². The van der Waals surface area contributed by atoms with E-state index < -0.39 is 11.6 Å². The first-order valence-corrected chi connectivity index (χ1v) is 10.6. The normalized spacial score (nSPS) is 21.0. The Kier molecular flexibility index (Phi) is 7.51. The van der Waals surface area contributed by atoms with Gasteiger partial charge in [-0.25, -0.2) is 4.98 Å². The minimum atomic E-state index is -4.49. The van der Waals surface area contributed by atoms with Crippen molar-refractivity contribution in [3.63, 3.8) is 0 Å². The van der Waals surface area contributed by atoms with Crippen LogP contribution in [0.4, 0.5) is 13.2 Å². The van der Waals surface area contributed by atoms with Gasteiger partial charge in [0.15, 0.2) is 5.41 Å². The third kappa shape index (κ3) is 4.51. The van der Waals surface area contributed by atoms with Gasteiger partial charge in [-0.15, -0.1) is 36.2 Å². The number of rotatable bonds is 4. The SMILES string of the molecule is Cl.Cl.FC(F)(F)C1(c2nc(-c3ccccc3)no2)CCN(Cc2nc3c(s2)CNCC3)C1. The Labute approximate surface area is 199 Å². The Morgan fingerprint density at radius 3 is 2.66 bits per heavy atom. The second-order valence-electron chi connectivity index (χ2n) is 7.73. The molecule has 1 N–H and O–H groups in total. The minimum absolute atomic E-state index is 0. The van der Waals surface area contributed by atoms with Crippen molar-refractivity contribution in [2.24, 2.45) is 0 Å². The summed E-state index contributed by atoms with van der Waals surface area (Å²) >= 11 is 1.58. The van der Waals surface area contributed by atoms with Crippen molar-refractivity contribution < 1.29 is 17.7 Å². The maximum absolute atomic E-state index is 14.2. The third-order valence-electron chi connectivity index (χ3n) is 5.76. The molecule has 12 heteroatoms. The highest BCUT2D eigenvalue weighted by Crippen LogP contribution is 2.47. The van der Waals surface area contributed by atoms with Crippen molar-refractivity contribution >= 4 is 36.2 Å². The van der Waals surface area contributed by atoms with Gasteiger partial charge in [-0.2, -0.15) is 18.2 Å². The fraction of sp³-hybridized carbons (Fsp3) is 0.450. The average Bonchev–Trinajstić information content (AvgIpc) is 3.46. The standard InChI is InChI=1S/C20H20F3N5OS.2ClH/c21-20(22,23)19(18-26-17(27-29-18)13-4-2-1-3-5-13)7-9-28(12-19)11-16-25-14-6-8-24-10-15(14)30-16;;/h1-5,24H,6-12H2;2*1H. The number of likely N-dealkylation sites (tertiary alicyclic amines) is 1. The van der Waals surface area contributed by atoms with E-state index in [0.29, 0.717) is 18.7 Å². The molecular formula is C20H22Cl2F3N5OS. The number of halogens is 5. The number of hydrogen-bond acceptors (Lipinski definition) is 7. The fourth-order valence-corrected chi connectivity index (χ4v) is 5.24. The maximum atomic E-state index is 14.2. The molecule has 1 fully saturated rings. The molecule has 2 aromatic heterocycles. The molecular weight excluding hydrogens is 486 g/mol. The van der Waals surface area contributed by atoms with Crippen molar-refractivity contribution in [3.05, 3.63) is 51.8 Å². The molecule has 0 radical (unpaired) electrons. The molecule has 0 bridgehead atoms. The summed E-state index contributed by atoms with van der Waals surface area (Å²) in [6, 6.07) is 8.88. The van der Waals surface area contributed by atoms with Gasteiger partial charge in [0, 0.05) is 43.0 Å². The Morgan fingerprint density at radius 1 is 1.16 bits per heavy atom. The summed E-state index contributed by atoms with van der Waals surface area (Å²) in [6.45, 7) is 2.15. The van der Waals surface area contributed by atoms with Crippen molar-refractivity contribution in [1.82, 2.24) is 25.3 Å². The summed E-state index contributed by atoms with van der Waals surface area (Å²) in [5.41, 5.74) is -0.466. The lowest BCUT2D eigenvalue weighted by atomic mass is 9.86. The first-order valence-electron chi connectivity index (χ1n) is 9.81. The zero-order chi connectivity index (χ0) is 20.8. The Bertz CT molecular complexity index is 1020. The van der Waals surface area contributed by atoms with Crippen molar-refractivity contribution in [1.29, 1.82) is 0 Å². The Balaban J connectivity index is 0.00000144. The highest BCUT2D eigenvalue weighted by molar-refractivity contribution is 7.11. The van der Waals surface area contributed by atoms with Crippen LogP contribution in [-0.4, -0.2) is 45.8 Å². The lowest BCUT2D eigenvalue weighted by Crippen LogP contribution is -2.45. The summed E-state index contributed by atoms with van der Waals surface area (Å²) < 4.78 is 47.9. The summed E-state index contributed by atoms with van der Waals surface area (Å²) in [5, 5.41) is 7.98. The molecule has 4 heterocycles. The summed E-state index contributed by atoms with van der Waals surface area (Å²) in [7, 11) is 0. The molecule has 32 heavy (non-hydrogen) atoms. The van der Waals surface area contributed by atoms with Crippen LogP contribution >= 0.6 is 36.2 Å². The highest BCUT2D eigenvalue weighted by Gasteiger charge is 2.62. The maximum Gasteiger partial charge on any atom is 0.404 e. The molecule has 6 nitrogen and oxygen atoms in total. The van der Waals surface area contributed by atoms with Crippen LogP contribution < -0.4 is 5.32 Å². The number of hydrogen-bond donors (Lipinski definition) is 1. The van der Waals surface area contributed by atoms with Crippen LogP contribution in [0.2, 0.25) is 0 Å². The van der Waals surface area contributed by atoms with Crippen LogP contribution in [-0.2, 0) is 24.9 Å². The average molecular weight is 508 g/mol. The molecule has 0 amide bonds. The molecule has 174 valence electrons. The van der Waals surface area contributed by atoms with Gasteiger partial charge in [-0.1, -0.05) is 35.5 Å². The molecule has 1 saturated heterocycles. The van der Waals surface area contributed by atoms with Crippen molar-refractivity contribution in [3.8, 4) is 11.4 Å². The van der Waals surface area contributed by atoms with Crippen LogP contribution in [0.1, 0.15) is 27.9 Å². The molecule has 2 aliphatic rings. The Hall–Kier alpha value is -1.72. The summed E-state index contributed by atoms with van der Waals surface area (Å²) in [4.78, 5) is 11.8. The van der Waals surface area contributed by atoms with Gasteiger partial charge in [-0.05, 0) is 6.42 Å². The summed E-state index contributed by atoms with van der Waals surface area (Å²) in [6.07, 6.45) is -3.74.